The lowest BCUT2D eigenvalue weighted by Crippen LogP contribution is -2.54. The molecule has 2 fully saturated rings. The number of piperidine rings is 1. The number of nitrogens with zero attached hydrogens (tertiary/aromatic N) is 3. The molecule has 2 aliphatic rings. The van der Waals surface area contributed by atoms with Gasteiger partial charge in [-0.05, 0) is 38.3 Å². The van der Waals surface area contributed by atoms with Crippen molar-refractivity contribution in [2.45, 2.75) is 37.8 Å². The molecule has 0 unspecified atom stereocenters. The maximum Gasteiger partial charge on any atom is 0.233 e. The highest BCUT2D eigenvalue weighted by Crippen LogP contribution is 2.38. The van der Waals surface area contributed by atoms with Gasteiger partial charge in [0.15, 0.2) is 0 Å². The maximum absolute atomic E-state index is 11.7. The molecule has 1 amide bonds. The number of likely N-dealkylation sites (tertiary alicyclic amines) is 2. The number of aromatic nitrogens is 2. The molecule has 21 heavy (non-hydrogen) atoms. The van der Waals surface area contributed by atoms with Gasteiger partial charge < -0.3 is 5.32 Å². The Morgan fingerprint density at radius 1 is 1.38 bits per heavy atom. The number of likely N-dealkylation sites (N-methyl/N-ethyl adjacent to an activating group) is 1. The molecule has 1 aromatic rings. The lowest BCUT2D eigenvalue weighted by molar-refractivity contribution is -0.123. The van der Waals surface area contributed by atoms with Crippen LogP contribution in [0.15, 0.2) is 12.3 Å². The van der Waals surface area contributed by atoms with E-state index in [-0.39, 0.29) is 11.4 Å². The second kappa shape index (κ2) is 6.15. The van der Waals surface area contributed by atoms with E-state index in [1.165, 1.54) is 18.5 Å². The van der Waals surface area contributed by atoms with E-state index in [0.717, 1.165) is 39.0 Å². The SMILES string of the molecule is CNC(=O)CN1CCCC12CCN(Cc1ccn[nH]1)CC2. The van der Waals surface area contributed by atoms with Gasteiger partial charge in [0.1, 0.15) is 0 Å². The van der Waals surface area contributed by atoms with Crippen molar-refractivity contribution in [1.82, 2.24) is 25.3 Å². The fraction of sp³-hybridized carbons (Fsp3) is 0.733. The Kier molecular flexibility index (Phi) is 4.26. The number of carbonyl (C=O) groups excluding carboxylic acids is 1. The summed E-state index contributed by atoms with van der Waals surface area (Å²) in [4.78, 5) is 16.6. The molecular formula is C15H25N5O. The van der Waals surface area contributed by atoms with Crippen molar-refractivity contribution in [1.29, 1.82) is 0 Å². The molecular weight excluding hydrogens is 266 g/mol. The molecule has 0 radical (unpaired) electrons. The van der Waals surface area contributed by atoms with Crippen LogP contribution in [0, 0.1) is 0 Å². The lowest BCUT2D eigenvalue weighted by Gasteiger charge is -2.44. The van der Waals surface area contributed by atoms with Gasteiger partial charge in [0.25, 0.3) is 0 Å². The minimum Gasteiger partial charge on any atom is -0.358 e. The number of rotatable bonds is 4. The Morgan fingerprint density at radius 2 is 2.19 bits per heavy atom. The predicted octanol–water partition coefficient (Wildman–Crippen LogP) is 0.586. The molecule has 2 aliphatic heterocycles. The third-order valence-electron chi connectivity index (χ3n) is 5.09. The van der Waals surface area contributed by atoms with Gasteiger partial charge in [0.2, 0.25) is 5.91 Å². The second-order valence-electron chi connectivity index (χ2n) is 6.28. The van der Waals surface area contributed by atoms with Crippen molar-refractivity contribution in [3.63, 3.8) is 0 Å². The van der Waals surface area contributed by atoms with Crippen LogP contribution in [0.4, 0.5) is 0 Å². The zero-order chi connectivity index (χ0) is 14.7. The summed E-state index contributed by atoms with van der Waals surface area (Å²) in [6.45, 7) is 4.77. The molecule has 2 N–H and O–H groups in total. The number of hydrogen-bond donors (Lipinski definition) is 2. The Hall–Kier alpha value is -1.40. The fourth-order valence-corrected chi connectivity index (χ4v) is 3.80. The highest BCUT2D eigenvalue weighted by atomic mass is 16.1. The Labute approximate surface area is 125 Å². The van der Waals surface area contributed by atoms with Gasteiger partial charge in [-0.1, -0.05) is 0 Å². The summed E-state index contributed by atoms with van der Waals surface area (Å²) in [6.07, 6.45) is 6.60. The highest BCUT2D eigenvalue weighted by molar-refractivity contribution is 5.77. The highest BCUT2D eigenvalue weighted by Gasteiger charge is 2.43. The van der Waals surface area contributed by atoms with Crippen molar-refractivity contribution in [3.05, 3.63) is 18.0 Å². The second-order valence-corrected chi connectivity index (χ2v) is 6.28. The van der Waals surface area contributed by atoms with E-state index in [0.29, 0.717) is 6.54 Å². The largest absolute Gasteiger partial charge is 0.358 e. The standard InChI is InChI=1S/C15H25N5O/c1-16-14(21)12-20-8-2-4-15(20)5-9-19(10-6-15)11-13-3-7-17-18-13/h3,7H,2,4-6,8-12H2,1H3,(H,16,21)(H,17,18). The normalized spacial score (nSPS) is 22.7. The molecule has 116 valence electrons. The van der Waals surface area contributed by atoms with Gasteiger partial charge in [-0.2, -0.15) is 5.10 Å². The summed E-state index contributed by atoms with van der Waals surface area (Å²) in [6, 6.07) is 2.04. The van der Waals surface area contributed by atoms with Gasteiger partial charge in [-0.15, -0.1) is 0 Å². The smallest absolute Gasteiger partial charge is 0.233 e. The van der Waals surface area contributed by atoms with Gasteiger partial charge in [-0.25, -0.2) is 0 Å². The van der Waals surface area contributed by atoms with Crippen LogP contribution in [-0.4, -0.2) is 64.7 Å². The molecule has 3 rings (SSSR count). The summed E-state index contributed by atoms with van der Waals surface area (Å²) >= 11 is 0. The van der Waals surface area contributed by atoms with Crippen LogP contribution in [-0.2, 0) is 11.3 Å². The van der Waals surface area contributed by atoms with Crippen LogP contribution in [0.5, 0.6) is 0 Å². The minimum absolute atomic E-state index is 0.135. The van der Waals surface area contributed by atoms with Crippen molar-refractivity contribution >= 4 is 5.91 Å². The molecule has 0 aromatic carbocycles. The number of amides is 1. The number of nitrogens with one attached hydrogen (secondary N) is 2. The van der Waals surface area contributed by atoms with Crippen LogP contribution in [0.3, 0.4) is 0 Å². The van der Waals surface area contributed by atoms with Crippen molar-refractivity contribution in [2.75, 3.05) is 33.2 Å². The third-order valence-corrected chi connectivity index (χ3v) is 5.09. The number of carbonyl (C=O) groups is 1. The summed E-state index contributed by atoms with van der Waals surface area (Å²) in [5, 5.41) is 9.79. The Balaban J connectivity index is 1.57. The molecule has 1 spiro atoms. The average molecular weight is 291 g/mol. The number of aromatic amines is 1. The number of H-pyrrole nitrogens is 1. The predicted molar refractivity (Wildman–Crippen MR) is 80.7 cm³/mol. The first-order valence-corrected chi connectivity index (χ1v) is 7.88. The average Bonchev–Trinajstić information content (AvgIpc) is 3.13. The molecule has 6 heteroatoms. The van der Waals surface area contributed by atoms with E-state index in [9.17, 15) is 4.79 Å². The zero-order valence-electron chi connectivity index (χ0n) is 12.8. The maximum atomic E-state index is 11.7. The van der Waals surface area contributed by atoms with Gasteiger partial charge in [0, 0.05) is 44.1 Å². The molecule has 1 aromatic heterocycles. The van der Waals surface area contributed by atoms with Crippen LogP contribution >= 0.6 is 0 Å². The van der Waals surface area contributed by atoms with E-state index >= 15 is 0 Å². The van der Waals surface area contributed by atoms with E-state index in [1.807, 2.05) is 12.3 Å². The van der Waals surface area contributed by atoms with Crippen LogP contribution in [0.1, 0.15) is 31.4 Å². The molecule has 0 saturated carbocycles. The summed E-state index contributed by atoms with van der Waals surface area (Å²) in [5.74, 6) is 0.135. The summed E-state index contributed by atoms with van der Waals surface area (Å²) in [5.41, 5.74) is 1.44. The molecule has 6 nitrogen and oxygen atoms in total. The van der Waals surface area contributed by atoms with Crippen molar-refractivity contribution in [2.24, 2.45) is 0 Å². The van der Waals surface area contributed by atoms with E-state index in [1.54, 1.807) is 7.05 Å². The molecule has 0 bridgehead atoms. The van der Waals surface area contributed by atoms with Crippen molar-refractivity contribution in [3.8, 4) is 0 Å². The lowest BCUT2D eigenvalue weighted by atomic mass is 9.85. The summed E-state index contributed by atoms with van der Waals surface area (Å²) < 4.78 is 0. The quantitative estimate of drug-likeness (QED) is 0.852. The van der Waals surface area contributed by atoms with E-state index in [2.05, 4.69) is 25.3 Å². The fourth-order valence-electron chi connectivity index (χ4n) is 3.80. The monoisotopic (exact) mass is 291 g/mol. The third kappa shape index (κ3) is 3.11. The first-order valence-electron chi connectivity index (χ1n) is 7.88. The Bertz CT molecular complexity index is 464. The van der Waals surface area contributed by atoms with Crippen LogP contribution in [0.2, 0.25) is 0 Å². The Morgan fingerprint density at radius 3 is 2.86 bits per heavy atom. The molecule has 0 aliphatic carbocycles. The van der Waals surface area contributed by atoms with Gasteiger partial charge in [0.05, 0.1) is 6.54 Å². The van der Waals surface area contributed by atoms with Crippen LogP contribution in [0.25, 0.3) is 0 Å². The van der Waals surface area contributed by atoms with E-state index < -0.39 is 0 Å². The molecule has 0 atom stereocenters. The van der Waals surface area contributed by atoms with Gasteiger partial charge in [-0.3, -0.25) is 19.7 Å². The van der Waals surface area contributed by atoms with Gasteiger partial charge >= 0.3 is 0 Å². The van der Waals surface area contributed by atoms with Crippen LogP contribution < -0.4 is 5.32 Å². The van der Waals surface area contributed by atoms with E-state index in [4.69, 9.17) is 0 Å². The molecule has 2 saturated heterocycles. The first kappa shape index (κ1) is 14.5. The topological polar surface area (TPSA) is 64.3 Å². The number of hydrogen-bond acceptors (Lipinski definition) is 4. The van der Waals surface area contributed by atoms with Crippen molar-refractivity contribution < 1.29 is 4.79 Å². The zero-order valence-corrected chi connectivity index (χ0v) is 12.8. The molecule has 3 heterocycles. The first-order chi connectivity index (χ1) is 10.2. The minimum atomic E-state index is 0.135. The summed E-state index contributed by atoms with van der Waals surface area (Å²) in [7, 11) is 1.72.